The first-order chi connectivity index (χ1) is 30.6. The Morgan fingerprint density at radius 3 is 2.00 bits per heavy atom. The van der Waals surface area contributed by atoms with Crippen molar-refractivity contribution in [3.8, 4) is 5.75 Å². The molecule has 20 nitrogen and oxygen atoms in total. The van der Waals surface area contributed by atoms with Gasteiger partial charge in [0.15, 0.2) is 12.4 Å². The minimum absolute atomic E-state index is 0.0106. The number of benzene rings is 1. The fraction of sp³-hybridized carbons (Fsp3) is 0.744. The van der Waals surface area contributed by atoms with Crippen LogP contribution in [0.25, 0.3) is 0 Å². The largest absolute Gasteiger partial charge is 0.457 e. The summed E-state index contributed by atoms with van der Waals surface area (Å²) in [5.74, 6) is -16.1. The van der Waals surface area contributed by atoms with E-state index in [0.717, 1.165) is 6.42 Å². The Bertz CT molecular complexity index is 1580. The van der Waals surface area contributed by atoms with Crippen molar-refractivity contribution in [2.75, 3.05) is 98.9 Å². The molecule has 3 rings (SSSR count). The van der Waals surface area contributed by atoms with E-state index in [4.69, 9.17) is 37.9 Å². The SMILES string of the molecule is CC(=O)N[C@H]1[C@H](OCCCC2CN(CCOCCOCCOCCNC(=O)CCOCCOCCC(=O)Oc3c(F)c(F)c(F)c(F)c3F)NN2)O[C@H](CO)[C@H](O)[C@@H]1OC(=O)C(C)C. The highest BCUT2D eigenvalue weighted by Crippen LogP contribution is 2.29. The summed E-state index contributed by atoms with van der Waals surface area (Å²) >= 11 is 0. The normalized spacial score (nSPS) is 21.3. The number of carbonyl (C=O) groups is 4. The van der Waals surface area contributed by atoms with Crippen molar-refractivity contribution in [3.63, 3.8) is 0 Å². The van der Waals surface area contributed by atoms with Crippen molar-refractivity contribution in [1.29, 1.82) is 0 Å². The number of amides is 2. The van der Waals surface area contributed by atoms with Crippen LogP contribution in [0.5, 0.6) is 5.75 Å². The first-order valence-electron chi connectivity index (χ1n) is 20.8. The van der Waals surface area contributed by atoms with Gasteiger partial charge in [-0.1, -0.05) is 13.8 Å². The van der Waals surface area contributed by atoms with E-state index in [2.05, 4.69) is 26.3 Å². The third-order valence-electron chi connectivity index (χ3n) is 9.29. The van der Waals surface area contributed by atoms with Gasteiger partial charge in [-0.25, -0.2) is 23.6 Å². The van der Waals surface area contributed by atoms with Gasteiger partial charge < -0.3 is 63.5 Å². The molecule has 6 N–H and O–H groups in total. The van der Waals surface area contributed by atoms with Gasteiger partial charge in [-0.3, -0.25) is 19.2 Å². The van der Waals surface area contributed by atoms with Gasteiger partial charge in [0.25, 0.3) is 0 Å². The highest BCUT2D eigenvalue weighted by molar-refractivity contribution is 5.76. The molecule has 2 aliphatic rings. The van der Waals surface area contributed by atoms with Gasteiger partial charge in [-0.05, 0) is 12.8 Å². The molecule has 1 aromatic carbocycles. The Morgan fingerprint density at radius 2 is 1.39 bits per heavy atom. The first-order valence-corrected chi connectivity index (χ1v) is 20.8. The number of hydrogen-bond acceptors (Lipinski definition) is 18. The Hall–Kier alpha value is -3.73. The van der Waals surface area contributed by atoms with E-state index in [1.54, 1.807) is 13.8 Å². The molecule has 2 aliphatic heterocycles. The van der Waals surface area contributed by atoms with E-state index >= 15 is 0 Å². The molecule has 1 unspecified atom stereocenters. The third kappa shape index (κ3) is 19.0. The lowest BCUT2D eigenvalue weighted by Gasteiger charge is -2.43. The Morgan fingerprint density at radius 1 is 0.812 bits per heavy atom. The number of nitrogens with one attached hydrogen (secondary N) is 4. The molecule has 0 bridgehead atoms. The summed E-state index contributed by atoms with van der Waals surface area (Å²) in [6.07, 6.45) is -3.85. The van der Waals surface area contributed by atoms with Crippen LogP contribution < -0.4 is 26.3 Å². The number of hydrazine groups is 2. The molecule has 25 heteroatoms. The van der Waals surface area contributed by atoms with E-state index in [0.29, 0.717) is 52.5 Å². The number of carbonyl (C=O) groups excluding carboxylic acids is 4. The predicted molar refractivity (Wildman–Crippen MR) is 209 cm³/mol. The van der Waals surface area contributed by atoms with E-state index in [1.807, 2.05) is 5.01 Å². The molecule has 0 aromatic heterocycles. The fourth-order valence-corrected chi connectivity index (χ4v) is 5.94. The van der Waals surface area contributed by atoms with Crippen LogP contribution in [-0.2, 0) is 57.1 Å². The predicted octanol–water partition coefficient (Wildman–Crippen LogP) is -0.0923. The van der Waals surface area contributed by atoms with Gasteiger partial charge >= 0.3 is 11.9 Å². The zero-order valence-corrected chi connectivity index (χ0v) is 36.0. The van der Waals surface area contributed by atoms with Gasteiger partial charge in [0, 0.05) is 45.6 Å². The number of aliphatic hydroxyl groups excluding tert-OH is 2. The van der Waals surface area contributed by atoms with Crippen LogP contribution in [0.1, 0.15) is 46.5 Å². The number of ether oxygens (including phenoxy) is 9. The van der Waals surface area contributed by atoms with Gasteiger partial charge in [-0.2, -0.15) is 14.3 Å². The average Bonchev–Trinajstić information content (AvgIpc) is 3.72. The molecule has 2 heterocycles. The van der Waals surface area contributed by atoms with Gasteiger partial charge in [0.05, 0.1) is 85.0 Å². The van der Waals surface area contributed by atoms with Crippen molar-refractivity contribution in [1.82, 2.24) is 26.6 Å². The Balaban J connectivity index is 1.11. The number of halogens is 5. The minimum Gasteiger partial charge on any atom is -0.457 e. The van der Waals surface area contributed by atoms with E-state index in [1.165, 1.54) is 6.92 Å². The van der Waals surface area contributed by atoms with Crippen molar-refractivity contribution >= 4 is 23.8 Å². The number of esters is 2. The van der Waals surface area contributed by atoms with E-state index in [-0.39, 0.29) is 64.6 Å². The number of aliphatic hydroxyl groups is 2. The minimum atomic E-state index is -2.37. The summed E-state index contributed by atoms with van der Waals surface area (Å²) < 4.78 is 115. The monoisotopic (exact) mass is 933 g/mol. The molecule has 0 saturated carbocycles. The second-order valence-electron chi connectivity index (χ2n) is 14.7. The van der Waals surface area contributed by atoms with Gasteiger partial charge in [0.2, 0.25) is 46.6 Å². The molecular weight excluding hydrogens is 873 g/mol. The summed E-state index contributed by atoms with van der Waals surface area (Å²) in [7, 11) is 0. The Kier molecular flexibility index (Phi) is 25.4. The first kappa shape index (κ1) is 54.6. The summed E-state index contributed by atoms with van der Waals surface area (Å²) in [5.41, 5.74) is 6.31. The van der Waals surface area contributed by atoms with Crippen molar-refractivity contribution in [3.05, 3.63) is 29.1 Å². The zero-order valence-electron chi connectivity index (χ0n) is 36.0. The molecular formula is C39H60F5N5O15. The van der Waals surface area contributed by atoms with Crippen LogP contribution in [0.3, 0.4) is 0 Å². The quantitative estimate of drug-likeness (QED) is 0.0142. The van der Waals surface area contributed by atoms with Crippen molar-refractivity contribution < 1.29 is 94.0 Å². The average molecular weight is 934 g/mol. The summed E-state index contributed by atoms with van der Waals surface area (Å²) in [6.45, 7) is 7.77. The summed E-state index contributed by atoms with van der Waals surface area (Å²) in [6, 6.07) is -0.881. The maximum atomic E-state index is 13.6. The van der Waals surface area contributed by atoms with Crippen LogP contribution in [0.15, 0.2) is 0 Å². The summed E-state index contributed by atoms with van der Waals surface area (Å²) in [4.78, 5) is 47.9. The van der Waals surface area contributed by atoms with Crippen molar-refractivity contribution in [2.45, 2.75) is 83.1 Å². The van der Waals surface area contributed by atoms with Gasteiger partial charge in [0.1, 0.15) is 18.2 Å². The second-order valence-corrected chi connectivity index (χ2v) is 14.7. The molecule has 1 aromatic rings. The highest BCUT2D eigenvalue weighted by Gasteiger charge is 2.48. The van der Waals surface area contributed by atoms with Crippen LogP contribution in [0.2, 0.25) is 0 Å². The Labute approximate surface area is 366 Å². The lowest BCUT2D eigenvalue weighted by Crippen LogP contribution is -2.65. The topological polar surface area (TPSA) is 243 Å². The van der Waals surface area contributed by atoms with E-state index < -0.39 is 102 Å². The molecule has 2 saturated heterocycles. The maximum absolute atomic E-state index is 13.6. The molecule has 64 heavy (non-hydrogen) atoms. The van der Waals surface area contributed by atoms with E-state index in [9.17, 15) is 51.3 Å². The number of nitrogens with zero attached hydrogens (tertiary/aromatic N) is 1. The number of hydrogen-bond donors (Lipinski definition) is 6. The molecule has 0 aliphatic carbocycles. The van der Waals surface area contributed by atoms with Crippen LogP contribution in [-0.4, -0.2) is 175 Å². The molecule has 366 valence electrons. The number of rotatable bonds is 31. The smallest absolute Gasteiger partial charge is 0.313 e. The standard InChI is InChI=1S/C39H60F5N5O15/c1-23(2)38(55)64-37-34(46-24(3)51)39(62-26(22-50)35(37)54)61-10-4-5-25-21-49(48-47-25)9-14-59-18-20-60-19-17-58-13-8-45-27(52)6-11-56-15-16-57-12-7-28(53)63-36-32(43)30(41)29(40)31(42)33(36)44/h23,25-26,34-35,37,39,47-48,50,54H,4-22H2,1-3H3,(H,45,52)(H,46,51)/t25?,26-,34-,35+,37-,39-/m1/s1. The van der Waals surface area contributed by atoms with Crippen LogP contribution >= 0.6 is 0 Å². The van der Waals surface area contributed by atoms with Crippen LogP contribution in [0.4, 0.5) is 22.0 Å². The van der Waals surface area contributed by atoms with Crippen molar-refractivity contribution in [2.24, 2.45) is 5.92 Å². The fourth-order valence-electron chi connectivity index (χ4n) is 5.94. The molecule has 0 spiro atoms. The summed E-state index contributed by atoms with van der Waals surface area (Å²) in [5, 5.41) is 27.7. The molecule has 2 amide bonds. The highest BCUT2D eigenvalue weighted by atomic mass is 19.2. The zero-order chi connectivity index (χ0) is 47.0. The van der Waals surface area contributed by atoms with Crippen LogP contribution in [0, 0.1) is 35.0 Å². The molecule has 0 radical (unpaired) electrons. The third-order valence-corrected chi connectivity index (χ3v) is 9.29. The molecule has 2 fully saturated rings. The molecule has 6 atom stereocenters. The second kappa shape index (κ2) is 29.7. The lowest BCUT2D eigenvalue weighted by atomic mass is 9.96. The van der Waals surface area contributed by atoms with Gasteiger partial charge in [-0.15, -0.1) is 0 Å². The lowest BCUT2D eigenvalue weighted by molar-refractivity contribution is -0.274. The maximum Gasteiger partial charge on any atom is 0.313 e.